The van der Waals surface area contributed by atoms with E-state index in [-0.39, 0.29) is 11.4 Å². The summed E-state index contributed by atoms with van der Waals surface area (Å²) in [5, 5.41) is 0. The van der Waals surface area contributed by atoms with Crippen LogP contribution >= 0.6 is 11.8 Å². The molecule has 1 saturated heterocycles. The van der Waals surface area contributed by atoms with Gasteiger partial charge in [0.1, 0.15) is 0 Å². The summed E-state index contributed by atoms with van der Waals surface area (Å²) in [4.78, 5) is 19.4. The minimum Gasteiger partial charge on any atom is -0.332 e. The fourth-order valence-corrected chi connectivity index (χ4v) is 5.30. The average Bonchev–Trinajstić information content (AvgIpc) is 2.64. The maximum Gasteiger partial charge on any atom is 0.233 e. The van der Waals surface area contributed by atoms with Crippen LogP contribution in [0.5, 0.6) is 0 Å². The van der Waals surface area contributed by atoms with Crippen LogP contribution in [0.4, 0.5) is 0 Å². The Hall–Kier alpha value is -1.81. The van der Waals surface area contributed by atoms with Crippen LogP contribution in [0.2, 0.25) is 0 Å². The van der Waals surface area contributed by atoms with E-state index in [0.717, 1.165) is 24.4 Å². The number of hydrogen-bond acceptors (Lipinski definition) is 3. The van der Waals surface area contributed by atoms with Gasteiger partial charge in [0.2, 0.25) is 5.91 Å². The number of carbonyl (C=O) groups excluding carboxylic acids is 1. The molecule has 4 rings (SSSR count). The molecule has 1 aliphatic carbocycles. The van der Waals surface area contributed by atoms with Crippen molar-refractivity contribution < 1.29 is 4.79 Å². The highest BCUT2D eigenvalue weighted by Gasteiger charge is 2.56. The molecule has 2 aromatic rings. The highest BCUT2D eigenvalue weighted by molar-refractivity contribution is 7.99. The Kier molecular flexibility index (Phi) is 4.80. The predicted molar refractivity (Wildman–Crippen MR) is 102 cm³/mol. The SMILES string of the molecule is O=C(CSCc1ccccn1)N1C[C@@H]2CCCC[C@]21c1ccccc1. The van der Waals surface area contributed by atoms with Gasteiger partial charge in [-0.05, 0) is 30.5 Å². The number of aromatic nitrogens is 1. The second-order valence-electron chi connectivity index (χ2n) is 7.05. The zero-order chi connectivity index (χ0) is 17.1. The largest absolute Gasteiger partial charge is 0.332 e. The maximum absolute atomic E-state index is 12.9. The Bertz CT molecular complexity index is 721. The smallest absolute Gasteiger partial charge is 0.233 e. The van der Waals surface area contributed by atoms with Gasteiger partial charge in [-0.3, -0.25) is 9.78 Å². The number of likely N-dealkylation sites (tertiary alicyclic amines) is 1. The molecule has 0 spiro atoms. The number of pyridine rings is 1. The number of nitrogens with zero attached hydrogens (tertiary/aromatic N) is 2. The molecule has 1 amide bonds. The van der Waals surface area contributed by atoms with Crippen LogP contribution in [0.3, 0.4) is 0 Å². The normalized spacial score (nSPS) is 25.1. The highest BCUT2D eigenvalue weighted by atomic mass is 32.2. The third-order valence-electron chi connectivity index (χ3n) is 5.70. The lowest BCUT2D eigenvalue weighted by Gasteiger charge is -2.61. The number of hydrogen-bond donors (Lipinski definition) is 0. The van der Waals surface area contributed by atoms with Crippen molar-refractivity contribution in [2.45, 2.75) is 37.0 Å². The van der Waals surface area contributed by atoms with Gasteiger partial charge >= 0.3 is 0 Å². The van der Waals surface area contributed by atoms with Crippen molar-refractivity contribution in [3.8, 4) is 0 Å². The molecule has 0 radical (unpaired) electrons. The van der Waals surface area contributed by atoms with Crippen LogP contribution in [0.15, 0.2) is 54.7 Å². The summed E-state index contributed by atoms with van der Waals surface area (Å²) in [6.45, 7) is 0.928. The number of amides is 1. The Morgan fingerprint density at radius 3 is 2.76 bits per heavy atom. The predicted octanol–water partition coefficient (Wildman–Crippen LogP) is 4.24. The van der Waals surface area contributed by atoms with E-state index in [0.29, 0.717) is 11.7 Å². The van der Waals surface area contributed by atoms with E-state index in [4.69, 9.17) is 0 Å². The molecule has 2 aliphatic rings. The van der Waals surface area contributed by atoms with Crippen LogP contribution in [0.25, 0.3) is 0 Å². The quantitative estimate of drug-likeness (QED) is 0.807. The number of carbonyl (C=O) groups is 1. The molecular formula is C21H24N2OS. The average molecular weight is 353 g/mol. The maximum atomic E-state index is 12.9. The Balaban J connectivity index is 1.45. The lowest BCUT2D eigenvalue weighted by Crippen LogP contribution is -2.68. The van der Waals surface area contributed by atoms with Crippen molar-refractivity contribution >= 4 is 17.7 Å². The van der Waals surface area contributed by atoms with E-state index in [9.17, 15) is 4.79 Å². The molecule has 0 N–H and O–H groups in total. The number of fused-ring (bicyclic) bond motifs is 1. The molecule has 1 aliphatic heterocycles. The summed E-state index contributed by atoms with van der Waals surface area (Å²) in [5.41, 5.74) is 2.33. The van der Waals surface area contributed by atoms with Crippen LogP contribution in [0.1, 0.15) is 36.9 Å². The van der Waals surface area contributed by atoms with Gasteiger partial charge in [-0.15, -0.1) is 11.8 Å². The first-order valence-electron chi connectivity index (χ1n) is 9.14. The molecule has 130 valence electrons. The van der Waals surface area contributed by atoms with E-state index in [1.165, 1.54) is 24.8 Å². The summed E-state index contributed by atoms with van der Waals surface area (Å²) in [7, 11) is 0. The van der Waals surface area contributed by atoms with Gasteiger partial charge in [0.15, 0.2) is 0 Å². The van der Waals surface area contributed by atoms with Crippen molar-refractivity contribution in [3.63, 3.8) is 0 Å². The van der Waals surface area contributed by atoms with Gasteiger partial charge in [-0.2, -0.15) is 0 Å². The first-order valence-corrected chi connectivity index (χ1v) is 10.3. The van der Waals surface area contributed by atoms with Crippen molar-refractivity contribution in [1.82, 2.24) is 9.88 Å². The molecule has 0 bridgehead atoms. The lowest BCUT2D eigenvalue weighted by molar-refractivity contribution is -0.163. The zero-order valence-corrected chi connectivity index (χ0v) is 15.3. The van der Waals surface area contributed by atoms with Crippen molar-refractivity contribution in [2.24, 2.45) is 5.92 Å². The second kappa shape index (κ2) is 7.20. The topological polar surface area (TPSA) is 33.2 Å². The van der Waals surface area contributed by atoms with Gasteiger partial charge in [0.25, 0.3) is 0 Å². The van der Waals surface area contributed by atoms with Crippen molar-refractivity contribution in [3.05, 3.63) is 66.0 Å². The molecule has 25 heavy (non-hydrogen) atoms. The molecule has 0 unspecified atom stereocenters. The van der Waals surface area contributed by atoms with Gasteiger partial charge in [-0.1, -0.05) is 49.2 Å². The third-order valence-corrected chi connectivity index (χ3v) is 6.65. The minimum atomic E-state index is -0.0395. The summed E-state index contributed by atoms with van der Waals surface area (Å²) >= 11 is 1.67. The van der Waals surface area contributed by atoms with E-state index < -0.39 is 0 Å². The molecule has 2 heterocycles. The molecule has 3 nitrogen and oxygen atoms in total. The summed E-state index contributed by atoms with van der Waals surface area (Å²) in [5.74, 6) is 2.25. The summed E-state index contributed by atoms with van der Waals surface area (Å²) < 4.78 is 0. The summed E-state index contributed by atoms with van der Waals surface area (Å²) in [6.07, 6.45) is 6.69. The molecule has 1 aromatic carbocycles. The molecule has 1 aromatic heterocycles. The van der Waals surface area contributed by atoms with Gasteiger partial charge < -0.3 is 4.90 Å². The van der Waals surface area contributed by atoms with Gasteiger partial charge in [0.05, 0.1) is 17.0 Å². The Morgan fingerprint density at radius 1 is 1.16 bits per heavy atom. The molecule has 1 saturated carbocycles. The number of thioether (sulfide) groups is 1. The van der Waals surface area contributed by atoms with E-state index in [2.05, 4.69) is 40.2 Å². The van der Waals surface area contributed by atoms with Gasteiger partial charge in [-0.25, -0.2) is 0 Å². The van der Waals surface area contributed by atoms with Crippen molar-refractivity contribution in [2.75, 3.05) is 12.3 Å². The Labute approximate surface area is 153 Å². The van der Waals surface area contributed by atoms with E-state index in [1.54, 1.807) is 11.8 Å². The van der Waals surface area contributed by atoms with E-state index in [1.807, 2.05) is 24.4 Å². The molecular weight excluding hydrogens is 328 g/mol. The zero-order valence-electron chi connectivity index (χ0n) is 14.4. The number of benzene rings is 1. The monoisotopic (exact) mass is 352 g/mol. The fraction of sp³-hybridized carbons (Fsp3) is 0.429. The second-order valence-corrected chi connectivity index (χ2v) is 8.04. The van der Waals surface area contributed by atoms with Crippen LogP contribution in [0, 0.1) is 5.92 Å². The molecule has 2 fully saturated rings. The number of rotatable bonds is 5. The lowest BCUT2D eigenvalue weighted by atomic mass is 9.61. The van der Waals surface area contributed by atoms with Crippen LogP contribution < -0.4 is 0 Å². The third kappa shape index (κ3) is 3.08. The minimum absolute atomic E-state index is 0.0395. The molecule has 4 heteroatoms. The van der Waals surface area contributed by atoms with Crippen molar-refractivity contribution in [1.29, 1.82) is 0 Å². The molecule has 2 atom stereocenters. The van der Waals surface area contributed by atoms with Gasteiger partial charge in [0, 0.05) is 24.4 Å². The van der Waals surface area contributed by atoms with Crippen LogP contribution in [-0.4, -0.2) is 28.1 Å². The highest BCUT2D eigenvalue weighted by Crippen LogP contribution is 2.53. The van der Waals surface area contributed by atoms with Crippen LogP contribution in [-0.2, 0) is 16.1 Å². The van der Waals surface area contributed by atoms with E-state index >= 15 is 0 Å². The first-order chi connectivity index (χ1) is 12.3. The first kappa shape index (κ1) is 16.6. The Morgan fingerprint density at radius 2 is 2.00 bits per heavy atom. The summed E-state index contributed by atoms with van der Waals surface area (Å²) in [6, 6.07) is 16.6. The fourth-order valence-electron chi connectivity index (χ4n) is 4.49. The standard InChI is InChI=1S/C21H24N2OS/c24-20(16-25-15-19-11-5-7-13-22-19)23-14-18-10-4-6-12-21(18,23)17-8-2-1-3-9-17/h1-3,5,7-9,11,13,18H,4,6,10,12,14-16H2/t18-,21-/m0/s1.